The van der Waals surface area contributed by atoms with Crippen LogP contribution in [0.15, 0.2) is 0 Å². The van der Waals surface area contributed by atoms with E-state index in [1.165, 1.54) is 0 Å². The summed E-state index contributed by atoms with van der Waals surface area (Å²) in [5, 5.41) is 19.9. The van der Waals surface area contributed by atoms with E-state index < -0.39 is 17.4 Å². The monoisotopic (exact) mass is 344 g/mol. The molecule has 0 aromatic rings. The second-order valence-electron chi connectivity index (χ2n) is 2.20. The van der Waals surface area contributed by atoms with Gasteiger partial charge in [-0.1, -0.05) is 0 Å². The molecule has 0 aliphatic carbocycles. The van der Waals surface area contributed by atoms with Crippen molar-refractivity contribution in [1.82, 2.24) is 0 Å². The van der Waals surface area contributed by atoms with E-state index in [-0.39, 0.29) is 44.8 Å². The summed E-state index contributed by atoms with van der Waals surface area (Å²) >= 11 is 0. The second kappa shape index (κ2) is 5.99. The van der Waals surface area contributed by atoms with Crippen LogP contribution in [0.1, 0.15) is 13.8 Å². The molecule has 11 heavy (non-hydrogen) atoms. The Labute approximate surface area is 95.4 Å². The number of rotatable bonds is 2. The van der Waals surface area contributed by atoms with Gasteiger partial charge < -0.3 is 19.8 Å². The van der Waals surface area contributed by atoms with E-state index in [4.69, 9.17) is 0 Å². The number of carbonyl (C=O) groups is 2. The number of carboxylic acid groups (broad SMARTS) is 2. The smallest absolute Gasteiger partial charge is 0.549 e. The van der Waals surface area contributed by atoms with Crippen LogP contribution in [0.5, 0.6) is 0 Å². The van der Waals surface area contributed by atoms with Gasteiger partial charge in [0.1, 0.15) is 0 Å². The molecule has 72 valence electrons. The Kier molecular flexibility index (Phi) is 9.53. The van der Waals surface area contributed by atoms with E-state index in [0.29, 0.717) is 0 Å². The van der Waals surface area contributed by atoms with Crippen molar-refractivity contribution < 1.29 is 64.6 Å². The fraction of sp³-hybridized carbons (Fsp3) is 0.600. The van der Waals surface area contributed by atoms with Crippen LogP contribution in [0.25, 0.3) is 0 Å². The molecule has 0 aromatic heterocycles. The summed E-state index contributed by atoms with van der Waals surface area (Å²) in [5.74, 6) is -3.27. The van der Waals surface area contributed by atoms with Crippen molar-refractivity contribution in [1.29, 1.82) is 0 Å². The van der Waals surface area contributed by atoms with E-state index in [0.717, 1.165) is 13.8 Å². The first kappa shape index (κ1) is 17.5. The molecule has 0 atom stereocenters. The Morgan fingerprint density at radius 2 is 1.18 bits per heavy atom. The average Bonchev–Trinajstić information content (AvgIpc) is 1.65. The maximum Gasteiger partial charge on any atom is 1.00 e. The summed E-state index contributed by atoms with van der Waals surface area (Å²) in [6, 6.07) is 0. The van der Waals surface area contributed by atoms with Gasteiger partial charge in [-0.15, -0.1) is 0 Å². The summed E-state index contributed by atoms with van der Waals surface area (Å²) in [6.45, 7) is 2.02. The Balaban J connectivity index is -0.000000320. The number of aliphatic carboxylic acids is 2. The van der Waals surface area contributed by atoms with E-state index in [1.54, 1.807) is 0 Å². The Morgan fingerprint density at radius 1 is 1.00 bits per heavy atom. The summed E-state index contributed by atoms with van der Waals surface area (Å²) in [7, 11) is 0. The van der Waals surface area contributed by atoms with Crippen LogP contribution >= 0.6 is 0 Å². The largest absolute Gasteiger partial charge is 1.00 e. The zero-order valence-electron chi connectivity index (χ0n) is 5.74. The van der Waals surface area contributed by atoms with Gasteiger partial charge in [-0.25, -0.2) is 0 Å². The summed E-state index contributed by atoms with van der Waals surface area (Å²) in [6.07, 6.45) is 0. The molecule has 0 amide bonds. The van der Waals surface area contributed by atoms with Gasteiger partial charge in [-0.05, 0) is 13.8 Å². The Bertz CT molecular complexity index is 139. The van der Waals surface area contributed by atoms with Gasteiger partial charge in [0.25, 0.3) is 0 Å². The van der Waals surface area contributed by atoms with Crippen molar-refractivity contribution in [2.45, 2.75) is 13.8 Å². The molecule has 0 N–H and O–H groups in total. The molecular formula is C5H6Ag2O4. The van der Waals surface area contributed by atoms with Gasteiger partial charge in [-0.3, -0.25) is 0 Å². The summed E-state index contributed by atoms with van der Waals surface area (Å²) in [5.41, 5.74) is -1.89. The van der Waals surface area contributed by atoms with Crippen molar-refractivity contribution in [2.24, 2.45) is 5.41 Å². The molecule has 0 spiro atoms. The first-order chi connectivity index (χ1) is 3.89. The van der Waals surface area contributed by atoms with Gasteiger partial charge >= 0.3 is 44.8 Å². The number of carboxylic acids is 2. The molecule has 0 saturated carbocycles. The van der Waals surface area contributed by atoms with Crippen molar-refractivity contribution in [3.63, 3.8) is 0 Å². The molecule has 4 nitrogen and oxygen atoms in total. The van der Waals surface area contributed by atoms with Crippen LogP contribution < -0.4 is 10.2 Å². The zero-order chi connectivity index (χ0) is 7.65. The number of carbonyl (C=O) groups excluding carboxylic acids is 2. The van der Waals surface area contributed by atoms with E-state index >= 15 is 0 Å². The minimum Gasteiger partial charge on any atom is -0.549 e. The van der Waals surface area contributed by atoms with Gasteiger partial charge in [-0.2, -0.15) is 0 Å². The Morgan fingerprint density at radius 3 is 1.18 bits per heavy atom. The predicted molar refractivity (Wildman–Crippen MR) is 23.8 cm³/mol. The van der Waals surface area contributed by atoms with E-state index in [2.05, 4.69) is 0 Å². The standard InChI is InChI=1S/C5H8O4.2Ag/c1-5(2,3(6)7)4(8)9;;/h1-2H3,(H,6,7)(H,8,9);;/q;2*+1/p-2. The van der Waals surface area contributed by atoms with Crippen molar-refractivity contribution in [2.75, 3.05) is 0 Å². The minimum absolute atomic E-state index is 0. The number of hydrogen-bond acceptors (Lipinski definition) is 4. The van der Waals surface area contributed by atoms with Crippen LogP contribution in [-0.2, 0) is 54.3 Å². The van der Waals surface area contributed by atoms with Crippen LogP contribution in [0.3, 0.4) is 0 Å². The van der Waals surface area contributed by atoms with Crippen LogP contribution in [0, 0.1) is 5.41 Å². The third kappa shape index (κ3) is 4.79. The second-order valence-corrected chi connectivity index (χ2v) is 2.20. The molecule has 0 unspecified atom stereocenters. The molecule has 0 fully saturated rings. The van der Waals surface area contributed by atoms with E-state index in [9.17, 15) is 19.8 Å². The predicted octanol–water partition coefficient (Wildman–Crippen LogP) is -2.49. The quantitative estimate of drug-likeness (QED) is 0.409. The van der Waals surface area contributed by atoms with Gasteiger partial charge in [0.15, 0.2) is 0 Å². The minimum atomic E-state index is -1.89. The van der Waals surface area contributed by atoms with Crippen molar-refractivity contribution in [3.05, 3.63) is 0 Å². The summed E-state index contributed by atoms with van der Waals surface area (Å²) in [4.78, 5) is 19.9. The van der Waals surface area contributed by atoms with Crippen molar-refractivity contribution in [3.8, 4) is 0 Å². The van der Waals surface area contributed by atoms with Gasteiger partial charge in [0, 0.05) is 5.41 Å². The molecule has 0 rings (SSSR count). The topological polar surface area (TPSA) is 80.3 Å². The molecular weight excluding hydrogens is 340 g/mol. The van der Waals surface area contributed by atoms with Gasteiger partial charge in [0.2, 0.25) is 0 Å². The molecule has 0 heterocycles. The number of hydrogen-bond donors (Lipinski definition) is 0. The fourth-order valence-corrected chi connectivity index (χ4v) is 0.0833. The molecule has 6 heteroatoms. The van der Waals surface area contributed by atoms with Crippen LogP contribution in [0.4, 0.5) is 0 Å². The third-order valence-electron chi connectivity index (χ3n) is 1.02. The fourth-order valence-electron chi connectivity index (χ4n) is 0.0833. The normalized spacial score (nSPS) is 8.91. The van der Waals surface area contributed by atoms with Crippen molar-refractivity contribution >= 4 is 11.9 Å². The molecule has 0 radical (unpaired) electrons. The van der Waals surface area contributed by atoms with E-state index in [1.807, 2.05) is 0 Å². The molecule has 0 aliphatic rings. The molecule has 0 bridgehead atoms. The average molecular weight is 346 g/mol. The third-order valence-corrected chi connectivity index (χ3v) is 1.02. The molecule has 0 aromatic carbocycles. The molecule has 0 saturated heterocycles. The van der Waals surface area contributed by atoms with Crippen LogP contribution in [0.2, 0.25) is 0 Å². The van der Waals surface area contributed by atoms with Gasteiger partial charge in [0.05, 0.1) is 11.9 Å². The SMILES string of the molecule is CC(C)(C(=O)[O-])C(=O)[O-].[Ag+].[Ag+]. The maximum atomic E-state index is 9.93. The maximum absolute atomic E-state index is 9.93. The summed E-state index contributed by atoms with van der Waals surface area (Å²) < 4.78 is 0. The first-order valence-electron chi connectivity index (χ1n) is 2.32. The first-order valence-corrected chi connectivity index (χ1v) is 2.32. The molecule has 0 aliphatic heterocycles. The zero-order valence-corrected chi connectivity index (χ0v) is 8.70. The Hall–Kier alpha value is 0.421. The van der Waals surface area contributed by atoms with Crippen LogP contribution in [-0.4, -0.2) is 11.9 Å².